The number of carbonyl (C=O) groups is 2. The topological polar surface area (TPSA) is 76.1 Å². The fraction of sp³-hybridized carbons (Fsp3) is 0.556. The number of nitrogens with zero attached hydrogens (tertiary/aromatic N) is 1. The number of hydrogen-bond donors (Lipinski definition) is 1. The molecule has 0 spiro atoms. The van der Waals surface area contributed by atoms with Crippen molar-refractivity contribution in [1.82, 2.24) is 4.90 Å². The molecule has 1 aromatic rings. The molecule has 1 heterocycles. The van der Waals surface area contributed by atoms with E-state index in [9.17, 15) is 14.7 Å². The summed E-state index contributed by atoms with van der Waals surface area (Å²) in [6.07, 6.45) is 0.433. The monoisotopic (exact) mass is 335 g/mol. The Kier molecular flexibility index (Phi) is 6.34. The molecule has 1 fully saturated rings. The van der Waals surface area contributed by atoms with Crippen LogP contribution in [-0.2, 0) is 19.1 Å². The normalized spacial score (nSPS) is 22.2. The van der Waals surface area contributed by atoms with Gasteiger partial charge in [0.1, 0.15) is 5.41 Å². The first-order valence-electron chi connectivity index (χ1n) is 8.22. The van der Waals surface area contributed by atoms with E-state index in [2.05, 4.69) is 0 Å². The average Bonchev–Trinajstić information content (AvgIpc) is 2.60. The lowest BCUT2D eigenvalue weighted by molar-refractivity contribution is -0.162. The van der Waals surface area contributed by atoms with Gasteiger partial charge in [0, 0.05) is 26.8 Å². The molecule has 6 heteroatoms. The second-order valence-electron chi connectivity index (χ2n) is 6.13. The fourth-order valence-corrected chi connectivity index (χ4v) is 3.22. The van der Waals surface area contributed by atoms with Gasteiger partial charge in [-0.05, 0) is 25.3 Å². The van der Waals surface area contributed by atoms with E-state index in [4.69, 9.17) is 9.47 Å². The number of methoxy groups -OCH3 is 1. The summed E-state index contributed by atoms with van der Waals surface area (Å²) in [4.78, 5) is 26.3. The van der Waals surface area contributed by atoms with Gasteiger partial charge >= 0.3 is 5.97 Å². The Morgan fingerprint density at radius 1 is 1.33 bits per heavy atom. The van der Waals surface area contributed by atoms with Crippen LogP contribution >= 0.6 is 0 Å². The van der Waals surface area contributed by atoms with Crippen molar-refractivity contribution in [3.8, 4) is 0 Å². The SMILES string of the molecule is CCOC(C(=O)N1CCCC(COC)(C(=O)O)C1)c1ccccc1. The van der Waals surface area contributed by atoms with Crippen LogP contribution in [0.4, 0.5) is 0 Å². The quantitative estimate of drug-likeness (QED) is 0.826. The van der Waals surface area contributed by atoms with Gasteiger partial charge in [-0.15, -0.1) is 0 Å². The first-order chi connectivity index (χ1) is 11.5. The van der Waals surface area contributed by atoms with Crippen molar-refractivity contribution in [1.29, 1.82) is 0 Å². The lowest BCUT2D eigenvalue weighted by atomic mass is 9.80. The molecule has 0 radical (unpaired) electrons. The van der Waals surface area contributed by atoms with Crippen LogP contribution in [0, 0.1) is 5.41 Å². The van der Waals surface area contributed by atoms with E-state index < -0.39 is 17.5 Å². The van der Waals surface area contributed by atoms with Gasteiger partial charge in [0.25, 0.3) is 5.91 Å². The van der Waals surface area contributed by atoms with Gasteiger partial charge in [-0.3, -0.25) is 9.59 Å². The van der Waals surface area contributed by atoms with Crippen LogP contribution in [0.3, 0.4) is 0 Å². The molecule has 132 valence electrons. The van der Waals surface area contributed by atoms with Crippen LogP contribution in [0.1, 0.15) is 31.4 Å². The van der Waals surface area contributed by atoms with Gasteiger partial charge in [0.15, 0.2) is 6.10 Å². The van der Waals surface area contributed by atoms with E-state index in [1.54, 1.807) is 4.90 Å². The number of carboxylic acid groups (broad SMARTS) is 1. The van der Waals surface area contributed by atoms with Gasteiger partial charge in [0.2, 0.25) is 0 Å². The summed E-state index contributed by atoms with van der Waals surface area (Å²) in [7, 11) is 1.48. The summed E-state index contributed by atoms with van der Waals surface area (Å²) >= 11 is 0. The summed E-state index contributed by atoms with van der Waals surface area (Å²) in [5.41, 5.74) is -0.265. The zero-order valence-electron chi connectivity index (χ0n) is 14.2. The molecule has 2 rings (SSSR count). The van der Waals surface area contributed by atoms with E-state index in [-0.39, 0.29) is 19.1 Å². The van der Waals surface area contributed by atoms with Crippen molar-refractivity contribution >= 4 is 11.9 Å². The van der Waals surface area contributed by atoms with Crippen molar-refractivity contribution in [2.75, 3.05) is 33.4 Å². The molecule has 6 nitrogen and oxygen atoms in total. The Morgan fingerprint density at radius 3 is 2.62 bits per heavy atom. The predicted molar refractivity (Wildman–Crippen MR) is 88.6 cm³/mol. The number of benzene rings is 1. The zero-order valence-corrected chi connectivity index (χ0v) is 14.2. The first-order valence-corrected chi connectivity index (χ1v) is 8.22. The maximum atomic E-state index is 13.0. The molecule has 0 saturated carbocycles. The molecule has 24 heavy (non-hydrogen) atoms. The highest BCUT2D eigenvalue weighted by atomic mass is 16.5. The first kappa shape index (κ1) is 18.4. The number of likely N-dealkylation sites (tertiary alicyclic amines) is 1. The smallest absolute Gasteiger partial charge is 0.313 e. The second kappa shape index (κ2) is 8.26. The summed E-state index contributed by atoms with van der Waals surface area (Å²) in [5.74, 6) is -1.11. The van der Waals surface area contributed by atoms with Crippen molar-refractivity contribution in [2.24, 2.45) is 5.41 Å². The minimum absolute atomic E-state index is 0.0940. The summed E-state index contributed by atoms with van der Waals surface area (Å²) < 4.78 is 10.8. The van der Waals surface area contributed by atoms with Gasteiger partial charge in [-0.1, -0.05) is 30.3 Å². The molecule has 0 aromatic heterocycles. The van der Waals surface area contributed by atoms with Gasteiger partial charge in [-0.25, -0.2) is 0 Å². The number of amides is 1. The molecular weight excluding hydrogens is 310 g/mol. The van der Waals surface area contributed by atoms with Crippen LogP contribution in [0.25, 0.3) is 0 Å². The van der Waals surface area contributed by atoms with Crippen molar-refractivity contribution in [2.45, 2.75) is 25.9 Å². The van der Waals surface area contributed by atoms with E-state index in [1.165, 1.54) is 7.11 Å². The van der Waals surface area contributed by atoms with E-state index in [0.717, 1.165) is 5.56 Å². The van der Waals surface area contributed by atoms with Crippen molar-refractivity contribution in [3.63, 3.8) is 0 Å². The summed E-state index contributed by atoms with van der Waals surface area (Å²) in [5, 5.41) is 9.63. The van der Waals surface area contributed by atoms with Crippen LogP contribution in [0.5, 0.6) is 0 Å². The highest BCUT2D eigenvalue weighted by Crippen LogP contribution is 2.33. The molecule has 1 aromatic carbocycles. The number of hydrogen-bond acceptors (Lipinski definition) is 4. The third-order valence-corrected chi connectivity index (χ3v) is 4.42. The number of carboxylic acids is 1. The Balaban J connectivity index is 2.21. The highest BCUT2D eigenvalue weighted by Gasteiger charge is 2.45. The van der Waals surface area contributed by atoms with Crippen LogP contribution in [0.15, 0.2) is 30.3 Å². The number of aliphatic carboxylic acids is 1. The molecule has 2 atom stereocenters. The molecule has 0 aliphatic carbocycles. The third kappa shape index (κ3) is 3.94. The fourth-order valence-electron chi connectivity index (χ4n) is 3.22. The summed E-state index contributed by atoms with van der Waals surface area (Å²) in [6, 6.07) is 9.30. The standard InChI is InChI=1S/C18H25NO5/c1-3-24-15(14-8-5-4-6-9-14)16(20)19-11-7-10-18(12-19,13-23-2)17(21)22/h4-6,8-9,15H,3,7,10-13H2,1-2H3,(H,21,22). The molecule has 1 saturated heterocycles. The largest absolute Gasteiger partial charge is 0.481 e. The Hall–Kier alpha value is -1.92. The van der Waals surface area contributed by atoms with Crippen molar-refractivity contribution < 1.29 is 24.2 Å². The average molecular weight is 335 g/mol. The van der Waals surface area contributed by atoms with Gasteiger partial charge in [0.05, 0.1) is 6.61 Å². The molecule has 1 aliphatic rings. The second-order valence-corrected chi connectivity index (χ2v) is 6.13. The Morgan fingerprint density at radius 2 is 2.04 bits per heavy atom. The van der Waals surface area contributed by atoms with Gasteiger partial charge < -0.3 is 19.5 Å². The maximum absolute atomic E-state index is 13.0. The number of rotatable bonds is 7. The van der Waals surface area contributed by atoms with E-state index in [1.807, 2.05) is 37.3 Å². The predicted octanol–water partition coefficient (Wildman–Crippen LogP) is 2.10. The molecule has 1 N–H and O–H groups in total. The van der Waals surface area contributed by atoms with Crippen molar-refractivity contribution in [3.05, 3.63) is 35.9 Å². The number of ether oxygens (including phenoxy) is 2. The zero-order chi connectivity index (χ0) is 17.6. The lowest BCUT2D eigenvalue weighted by Gasteiger charge is -2.40. The molecule has 1 aliphatic heterocycles. The summed E-state index contributed by atoms with van der Waals surface area (Å²) in [6.45, 7) is 3.02. The molecule has 1 amide bonds. The van der Waals surface area contributed by atoms with E-state index >= 15 is 0 Å². The number of piperidine rings is 1. The van der Waals surface area contributed by atoms with Gasteiger partial charge in [-0.2, -0.15) is 0 Å². The van der Waals surface area contributed by atoms with E-state index in [0.29, 0.717) is 26.0 Å². The maximum Gasteiger partial charge on any atom is 0.313 e. The Labute approximate surface area is 142 Å². The Bertz CT molecular complexity index is 558. The van der Waals surface area contributed by atoms with Crippen LogP contribution in [0.2, 0.25) is 0 Å². The van der Waals surface area contributed by atoms with Crippen LogP contribution in [-0.4, -0.2) is 55.3 Å². The minimum Gasteiger partial charge on any atom is -0.481 e. The van der Waals surface area contributed by atoms with Crippen LogP contribution < -0.4 is 0 Å². The minimum atomic E-state index is -1.05. The third-order valence-electron chi connectivity index (χ3n) is 4.42. The molecule has 0 bridgehead atoms. The molecular formula is C18H25NO5. The number of carbonyl (C=O) groups excluding carboxylic acids is 1. The molecule has 2 unspecified atom stereocenters. The highest BCUT2D eigenvalue weighted by molar-refractivity contribution is 5.84. The lowest BCUT2D eigenvalue weighted by Crippen LogP contribution is -2.53.